The predicted molar refractivity (Wildman–Crippen MR) is 123 cm³/mol. The Kier molecular flexibility index (Phi) is 9.53. The van der Waals surface area contributed by atoms with Crippen molar-refractivity contribution in [3.63, 3.8) is 0 Å². The minimum absolute atomic E-state index is 0.0694. The number of nitrogens with zero attached hydrogens (tertiary/aromatic N) is 1. The van der Waals surface area contributed by atoms with E-state index in [1.807, 2.05) is 0 Å². The molecular formula is C25H42F3NO6. The van der Waals surface area contributed by atoms with Crippen LogP contribution in [0.15, 0.2) is 0 Å². The van der Waals surface area contributed by atoms with Crippen molar-refractivity contribution in [2.75, 3.05) is 13.2 Å². The van der Waals surface area contributed by atoms with Gasteiger partial charge in [-0.1, -0.05) is 26.2 Å². The summed E-state index contributed by atoms with van der Waals surface area (Å²) in [6, 6.07) is -0.362. The molecule has 3 unspecified atom stereocenters. The number of aliphatic hydroxyl groups excluding tert-OH is 1. The van der Waals surface area contributed by atoms with Gasteiger partial charge in [-0.15, -0.1) is 0 Å². The Morgan fingerprint density at radius 3 is 2.31 bits per heavy atom. The number of carbonyl (C=O) groups excluding carboxylic acids is 2. The van der Waals surface area contributed by atoms with E-state index in [1.165, 1.54) is 6.92 Å². The molecule has 1 saturated carbocycles. The summed E-state index contributed by atoms with van der Waals surface area (Å²) in [5.74, 6) is -5.52. The second kappa shape index (κ2) is 11.2. The van der Waals surface area contributed by atoms with Crippen LogP contribution in [-0.4, -0.2) is 64.9 Å². The van der Waals surface area contributed by atoms with Gasteiger partial charge >= 0.3 is 18.2 Å². The molecule has 10 heteroatoms. The third kappa shape index (κ3) is 7.47. The van der Waals surface area contributed by atoms with Crippen LogP contribution in [0.4, 0.5) is 18.0 Å². The highest BCUT2D eigenvalue weighted by molar-refractivity contribution is 5.73. The van der Waals surface area contributed by atoms with Gasteiger partial charge in [0.1, 0.15) is 11.3 Å². The van der Waals surface area contributed by atoms with Crippen molar-refractivity contribution in [3.05, 3.63) is 0 Å². The number of esters is 1. The molecule has 1 N–H and O–H groups in total. The van der Waals surface area contributed by atoms with Gasteiger partial charge in [-0.3, -0.25) is 9.69 Å². The highest BCUT2D eigenvalue weighted by Crippen LogP contribution is 2.44. The molecule has 2 fully saturated rings. The maximum Gasteiger partial charge on any atom is 0.412 e. The minimum Gasteiger partial charge on any atom is -0.466 e. The van der Waals surface area contributed by atoms with E-state index >= 15 is 0 Å². The van der Waals surface area contributed by atoms with Crippen molar-refractivity contribution in [1.82, 2.24) is 4.90 Å². The maximum atomic E-state index is 13.6. The zero-order valence-corrected chi connectivity index (χ0v) is 22.0. The van der Waals surface area contributed by atoms with Crippen molar-refractivity contribution in [2.24, 2.45) is 23.7 Å². The molecule has 1 heterocycles. The Bertz CT molecular complexity index is 736. The third-order valence-corrected chi connectivity index (χ3v) is 7.13. The van der Waals surface area contributed by atoms with Crippen LogP contribution >= 0.6 is 0 Å². The van der Waals surface area contributed by atoms with Crippen molar-refractivity contribution in [1.29, 1.82) is 0 Å². The van der Waals surface area contributed by atoms with E-state index in [0.717, 1.165) is 19.8 Å². The van der Waals surface area contributed by atoms with E-state index in [1.54, 1.807) is 39.5 Å². The van der Waals surface area contributed by atoms with Crippen LogP contribution in [0.1, 0.15) is 80.6 Å². The number of amides is 1. The molecule has 0 aromatic heterocycles. The van der Waals surface area contributed by atoms with Gasteiger partial charge in [-0.05, 0) is 66.2 Å². The van der Waals surface area contributed by atoms with E-state index in [9.17, 15) is 27.9 Å². The molecule has 2 rings (SSSR count). The van der Waals surface area contributed by atoms with Crippen LogP contribution in [0.25, 0.3) is 0 Å². The molecule has 204 valence electrons. The van der Waals surface area contributed by atoms with Gasteiger partial charge in [0.25, 0.3) is 0 Å². The Balaban J connectivity index is 2.29. The first-order chi connectivity index (χ1) is 16.0. The Morgan fingerprint density at radius 1 is 1.17 bits per heavy atom. The van der Waals surface area contributed by atoms with Gasteiger partial charge in [0.05, 0.1) is 37.2 Å². The monoisotopic (exact) mass is 509 g/mol. The number of rotatable bonds is 7. The molecule has 6 atom stereocenters. The average molecular weight is 510 g/mol. The lowest BCUT2D eigenvalue weighted by Gasteiger charge is -2.41. The second-order valence-electron chi connectivity index (χ2n) is 11.3. The number of alkyl halides is 3. The molecule has 7 nitrogen and oxygen atoms in total. The Hall–Kier alpha value is -1.55. The summed E-state index contributed by atoms with van der Waals surface area (Å²) >= 11 is 0. The van der Waals surface area contributed by atoms with E-state index in [2.05, 4.69) is 0 Å². The SMILES string of the molecule is CCOC(=O)[C@@H](C(O)C1CCCC[C@H]1C[C@H]1COC(C)(C)N1C(=O)OC(C)(C)C)C(C)C(F)(F)F. The number of hydrogen-bond donors (Lipinski definition) is 1. The van der Waals surface area contributed by atoms with Crippen LogP contribution < -0.4 is 0 Å². The van der Waals surface area contributed by atoms with Crippen molar-refractivity contribution < 1.29 is 42.1 Å². The third-order valence-electron chi connectivity index (χ3n) is 7.13. The van der Waals surface area contributed by atoms with E-state index in [0.29, 0.717) is 19.3 Å². The number of halogens is 3. The van der Waals surface area contributed by atoms with Gasteiger partial charge in [0.2, 0.25) is 0 Å². The van der Waals surface area contributed by atoms with Crippen LogP contribution in [-0.2, 0) is 19.0 Å². The molecule has 0 aromatic rings. The zero-order chi connectivity index (χ0) is 26.8. The van der Waals surface area contributed by atoms with Crippen molar-refractivity contribution in [3.8, 4) is 0 Å². The molecule has 0 spiro atoms. The fourth-order valence-corrected chi connectivity index (χ4v) is 5.41. The molecule has 1 saturated heterocycles. The van der Waals surface area contributed by atoms with Crippen molar-refractivity contribution >= 4 is 12.1 Å². The first-order valence-corrected chi connectivity index (χ1v) is 12.6. The molecule has 35 heavy (non-hydrogen) atoms. The molecule has 0 bridgehead atoms. The fourth-order valence-electron chi connectivity index (χ4n) is 5.41. The minimum atomic E-state index is -4.65. The second-order valence-corrected chi connectivity index (χ2v) is 11.3. The molecule has 1 aliphatic heterocycles. The smallest absolute Gasteiger partial charge is 0.412 e. The highest BCUT2D eigenvalue weighted by Gasteiger charge is 2.52. The summed E-state index contributed by atoms with van der Waals surface area (Å²) < 4.78 is 57.3. The summed E-state index contributed by atoms with van der Waals surface area (Å²) in [5.41, 5.74) is -1.61. The van der Waals surface area contributed by atoms with Crippen LogP contribution in [0.5, 0.6) is 0 Å². The van der Waals surface area contributed by atoms with E-state index in [-0.39, 0.29) is 25.2 Å². The lowest BCUT2D eigenvalue weighted by molar-refractivity contribution is -0.208. The molecule has 0 aromatic carbocycles. The molecular weight excluding hydrogens is 467 g/mol. The van der Waals surface area contributed by atoms with Crippen molar-refractivity contribution in [2.45, 2.75) is 110 Å². The number of ether oxygens (including phenoxy) is 3. The predicted octanol–water partition coefficient (Wildman–Crippen LogP) is 5.29. The standard InChI is InChI=1S/C25H42F3NO6/c1-8-33-21(31)19(15(2)25(26,27)28)20(30)18-12-10-9-11-16(18)13-17-14-34-24(6,7)29(17)22(32)35-23(3,4)5/h15-20,30H,8-14H2,1-7H3/t15?,16-,17-,18?,19+,20?/m0/s1. The molecule has 1 amide bonds. The topological polar surface area (TPSA) is 85.3 Å². The van der Waals surface area contributed by atoms with E-state index in [4.69, 9.17) is 14.2 Å². The van der Waals surface area contributed by atoms with Crippen LogP contribution in [0.3, 0.4) is 0 Å². The molecule has 2 aliphatic rings. The Morgan fingerprint density at radius 2 is 1.77 bits per heavy atom. The van der Waals surface area contributed by atoms with Gasteiger partial charge in [-0.25, -0.2) is 4.79 Å². The summed E-state index contributed by atoms with van der Waals surface area (Å²) in [7, 11) is 0. The van der Waals surface area contributed by atoms with E-state index < -0.39 is 53.4 Å². The highest BCUT2D eigenvalue weighted by atomic mass is 19.4. The van der Waals surface area contributed by atoms with Crippen LogP contribution in [0, 0.1) is 23.7 Å². The maximum absolute atomic E-state index is 13.6. The zero-order valence-electron chi connectivity index (χ0n) is 22.0. The van der Waals surface area contributed by atoms with Gasteiger partial charge in [-0.2, -0.15) is 13.2 Å². The summed E-state index contributed by atoms with van der Waals surface area (Å²) in [6.07, 6.45) is -3.48. The van der Waals surface area contributed by atoms with Crippen LogP contribution in [0.2, 0.25) is 0 Å². The molecule has 0 radical (unpaired) electrons. The van der Waals surface area contributed by atoms with Gasteiger partial charge < -0.3 is 19.3 Å². The lowest BCUT2D eigenvalue weighted by Crippen LogP contribution is -2.51. The first-order valence-electron chi connectivity index (χ1n) is 12.6. The number of aliphatic hydroxyl groups is 1. The average Bonchev–Trinajstić information content (AvgIpc) is 3.00. The summed E-state index contributed by atoms with van der Waals surface area (Å²) in [4.78, 5) is 27.1. The fraction of sp³-hybridized carbons (Fsp3) is 0.920. The summed E-state index contributed by atoms with van der Waals surface area (Å²) in [6.45, 7) is 11.5. The van der Waals surface area contributed by atoms with Gasteiger partial charge in [0, 0.05) is 0 Å². The quantitative estimate of drug-likeness (QED) is 0.469. The summed E-state index contributed by atoms with van der Waals surface area (Å²) in [5, 5.41) is 11.2. The Labute approximate surface area is 206 Å². The number of hydrogen-bond acceptors (Lipinski definition) is 6. The normalized spacial score (nSPS) is 27.7. The largest absolute Gasteiger partial charge is 0.466 e. The number of carbonyl (C=O) groups is 2. The first kappa shape index (κ1) is 29.7. The van der Waals surface area contributed by atoms with Gasteiger partial charge in [0.15, 0.2) is 0 Å². The lowest BCUT2D eigenvalue weighted by atomic mass is 9.69. The molecule has 1 aliphatic carbocycles.